The van der Waals surface area contributed by atoms with Gasteiger partial charge < -0.3 is 15.4 Å². The molecule has 1 aliphatic carbocycles. The molecule has 25 heavy (non-hydrogen) atoms. The molecule has 0 spiro atoms. The fraction of sp³-hybridized carbons (Fsp3) is 0.300. The molecule has 0 atom stereocenters. The van der Waals surface area contributed by atoms with Crippen LogP contribution in [-0.4, -0.2) is 31.0 Å². The Labute approximate surface area is 147 Å². The van der Waals surface area contributed by atoms with E-state index in [1.807, 2.05) is 31.2 Å². The molecule has 0 bridgehead atoms. The number of amides is 2. The number of methoxy groups -OCH3 is 1. The van der Waals surface area contributed by atoms with Gasteiger partial charge >= 0.3 is 0 Å². The van der Waals surface area contributed by atoms with E-state index in [2.05, 4.69) is 10.6 Å². The molecule has 0 heterocycles. The monoisotopic (exact) mass is 338 g/mol. The number of ether oxygens (including phenoxy) is 1. The van der Waals surface area contributed by atoms with E-state index in [4.69, 9.17) is 4.74 Å². The lowest BCUT2D eigenvalue weighted by Crippen LogP contribution is -2.45. The molecule has 2 amide bonds. The van der Waals surface area contributed by atoms with Crippen LogP contribution >= 0.6 is 0 Å². The Hall–Kier alpha value is -2.82. The van der Waals surface area contributed by atoms with Crippen molar-refractivity contribution in [2.45, 2.75) is 25.3 Å². The number of hydrogen-bond donors (Lipinski definition) is 2. The summed E-state index contributed by atoms with van der Waals surface area (Å²) < 4.78 is 5.24. The van der Waals surface area contributed by atoms with Gasteiger partial charge in [0.05, 0.1) is 18.2 Å². The number of rotatable bonds is 6. The maximum Gasteiger partial charge on any atom is 0.255 e. The first kappa shape index (κ1) is 17.0. The average Bonchev–Trinajstić information content (AvgIpc) is 3.39. The Bertz CT molecular complexity index is 797. The third-order valence-electron chi connectivity index (χ3n) is 4.56. The van der Waals surface area contributed by atoms with Crippen LogP contribution in [0.2, 0.25) is 0 Å². The van der Waals surface area contributed by atoms with Gasteiger partial charge in [-0.25, -0.2) is 0 Å². The number of hydrogen-bond acceptors (Lipinski definition) is 3. The Morgan fingerprint density at radius 3 is 2.28 bits per heavy atom. The van der Waals surface area contributed by atoms with E-state index in [0.717, 1.165) is 18.4 Å². The first-order chi connectivity index (χ1) is 12.0. The SMILES string of the molecule is COc1ccccc1C(=O)NC1(CNC(=O)c2ccccc2C)CC1. The summed E-state index contributed by atoms with van der Waals surface area (Å²) in [5.41, 5.74) is 1.73. The molecule has 2 aromatic carbocycles. The predicted molar refractivity (Wildman–Crippen MR) is 95.9 cm³/mol. The Morgan fingerprint density at radius 2 is 1.64 bits per heavy atom. The molecule has 0 saturated heterocycles. The summed E-state index contributed by atoms with van der Waals surface area (Å²) >= 11 is 0. The molecule has 130 valence electrons. The van der Waals surface area contributed by atoms with Crippen molar-refractivity contribution in [1.29, 1.82) is 0 Å². The molecule has 0 unspecified atom stereocenters. The standard InChI is InChI=1S/C20H22N2O3/c1-14-7-3-4-8-15(14)18(23)21-13-20(11-12-20)22-19(24)16-9-5-6-10-17(16)25-2/h3-10H,11-13H2,1-2H3,(H,21,23)(H,22,24). The molecule has 0 aromatic heterocycles. The van der Waals surface area contributed by atoms with Crippen LogP contribution < -0.4 is 15.4 Å². The maximum atomic E-state index is 12.5. The molecule has 0 radical (unpaired) electrons. The average molecular weight is 338 g/mol. The number of benzene rings is 2. The summed E-state index contributed by atoms with van der Waals surface area (Å²) in [6.45, 7) is 2.33. The normalized spacial score (nSPS) is 14.5. The maximum absolute atomic E-state index is 12.5. The Morgan fingerprint density at radius 1 is 1.00 bits per heavy atom. The first-order valence-electron chi connectivity index (χ1n) is 8.34. The first-order valence-corrected chi connectivity index (χ1v) is 8.34. The second-order valence-electron chi connectivity index (χ2n) is 6.43. The van der Waals surface area contributed by atoms with Gasteiger partial charge in [-0.2, -0.15) is 0 Å². The van der Waals surface area contributed by atoms with E-state index in [1.165, 1.54) is 0 Å². The quantitative estimate of drug-likeness (QED) is 0.851. The summed E-state index contributed by atoms with van der Waals surface area (Å²) in [6, 6.07) is 14.6. The molecule has 5 nitrogen and oxygen atoms in total. The Kier molecular flexibility index (Phi) is 4.74. The lowest BCUT2D eigenvalue weighted by atomic mass is 10.1. The topological polar surface area (TPSA) is 67.4 Å². The summed E-state index contributed by atoms with van der Waals surface area (Å²) in [5, 5.41) is 5.99. The second kappa shape index (κ2) is 6.97. The summed E-state index contributed by atoms with van der Waals surface area (Å²) in [6.07, 6.45) is 1.70. The van der Waals surface area contributed by atoms with Crippen LogP contribution in [0, 0.1) is 6.92 Å². The molecule has 2 aromatic rings. The number of para-hydroxylation sites is 1. The minimum Gasteiger partial charge on any atom is -0.496 e. The van der Waals surface area contributed by atoms with Gasteiger partial charge in [-0.3, -0.25) is 9.59 Å². The van der Waals surface area contributed by atoms with E-state index >= 15 is 0 Å². The zero-order chi connectivity index (χ0) is 17.9. The van der Waals surface area contributed by atoms with Gasteiger partial charge in [-0.1, -0.05) is 30.3 Å². The van der Waals surface area contributed by atoms with Gasteiger partial charge in [-0.15, -0.1) is 0 Å². The van der Waals surface area contributed by atoms with Crippen LogP contribution in [0.4, 0.5) is 0 Å². The fourth-order valence-corrected chi connectivity index (χ4v) is 2.81. The third kappa shape index (κ3) is 3.82. The third-order valence-corrected chi connectivity index (χ3v) is 4.56. The molecule has 5 heteroatoms. The minimum atomic E-state index is -0.365. The van der Waals surface area contributed by atoms with Crippen molar-refractivity contribution in [1.82, 2.24) is 10.6 Å². The van der Waals surface area contributed by atoms with Crippen molar-refractivity contribution < 1.29 is 14.3 Å². The molecule has 0 aliphatic heterocycles. The molecule has 2 N–H and O–H groups in total. The van der Waals surface area contributed by atoms with Crippen molar-refractivity contribution in [3.63, 3.8) is 0 Å². The van der Waals surface area contributed by atoms with Gasteiger partial charge in [0.25, 0.3) is 11.8 Å². The highest BCUT2D eigenvalue weighted by Crippen LogP contribution is 2.35. The van der Waals surface area contributed by atoms with Crippen LogP contribution in [0.15, 0.2) is 48.5 Å². The lowest BCUT2D eigenvalue weighted by Gasteiger charge is -2.19. The summed E-state index contributed by atoms with van der Waals surface area (Å²) in [4.78, 5) is 24.9. The number of nitrogens with one attached hydrogen (secondary N) is 2. The molecule has 1 fully saturated rings. The van der Waals surface area contributed by atoms with Crippen molar-refractivity contribution in [2.75, 3.05) is 13.7 Å². The van der Waals surface area contributed by atoms with E-state index in [1.54, 1.807) is 31.4 Å². The number of carbonyl (C=O) groups is 2. The van der Waals surface area contributed by atoms with Gasteiger partial charge in [0, 0.05) is 12.1 Å². The Balaban J connectivity index is 1.62. The molecule has 1 aliphatic rings. The van der Waals surface area contributed by atoms with E-state index in [-0.39, 0.29) is 17.4 Å². The predicted octanol–water partition coefficient (Wildman–Crippen LogP) is 2.70. The van der Waals surface area contributed by atoms with Crippen LogP contribution in [0.3, 0.4) is 0 Å². The van der Waals surface area contributed by atoms with Crippen molar-refractivity contribution in [3.05, 3.63) is 65.2 Å². The minimum absolute atomic E-state index is 0.115. The van der Waals surface area contributed by atoms with E-state index < -0.39 is 0 Å². The highest BCUT2D eigenvalue weighted by molar-refractivity contribution is 5.98. The molecular formula is C20H22N2O3. The van der Waals surface area contributed by atoms with Gasteiger partial charge in [0.2, 0.25) is 0 Å². The molecule has 1 saturated carbocycles. The second-order valence-corrected chi connectivity index (χ2v) is 6.43. The molecular weight excluding hydrogens is 316 g/mol. The van der Waals surface area contributed by atoms with Gasteiger partial charge in [-0.05, 0) is 43.5 Å². The van der Waals surface area contributed by atoms with Crippen molar-refractivity contribution in [3.8, 4) is 5.75 Å². The van der Waals surface area contributed by atoms with Crippen LogP contribution in [0.1, 0.15) is 39.1 Å². The van der Waals surface area contributed by atoms with E-state index in [9.17, 15) is 9.59 Å². The fourth-order valence-electron chi connectivity index (χ4n) is 2.81. The highest BCUT2D eigenvalue weighted by Gasteiger charge is 2.44. The molecule has 3 rings (SSSR count). The van der Waals surface area contributed by atoms with Crippen molar-refractivity contribution in [2.24, 2.45) is 0 Å². The van der Waals surface area contributed by atoms with E-state index in [0.29, 0.717) is 23.4 Å². The largest absolute Gasteiger partial charge is 0.496 e. The smallest absolute Gasteiger partial charge is 0.255 e. The van der Waals surface area contributed by atoms with Crippen LogP contribution in [0.5, 0.6) is 5.75 Å². The summed E-state index contributed by atoms with van der Waals surface area (Å²) in [5.74, 6) is 0.246. The number of carbonyl (C=O) groups excluding carboxylic acids is 2. The number of aryl methyl sites for hydroxylation is 1. The van der Waals surface area contributed by atoms with Gasteiger partial charge in [0.15, 0.2) is 0 Å². The zero-order valence-corrected chi connectivity index (χ0v) is 14.5. The zero-order valence-electron chi connectivity index (χ0n) is 14.5. The van der Waals surface area contributed by atoms with Crippen molar-refractivity contribution >= 4 is 11.8 Å². The van der Waals surface area contributed by atoms with Crippen LogP contribution in [-0.2, 0) is 0 Å². The van der Waals surface area contributed by atoms with Gasteiger partial charge in [0.1, 0.15) is 5.75 Å². The summed E-state index contributed by atoms with van der Waals surface area (Å²) in [7, 11) is 1.54. The highest BCUT2D eigenvalue weighted by atomic mass is 16.5. The van der Waals surface area contributed by atoms with Crippen LogP contribution in [0.25, 0.3) is 0 Å². The lowest BCUT2D eigenvalue weighted by molar-refractivity contribution is 0.0900.